The average molecular weight is 292 g/mol. The first-order chi connectivity index (χ1) is 10.6. The first kappa shape index (κ1) is 13.8. The molecule has 0 spiro atoms. The fraction of sp³-hybridized carbons (Fsp3) is 0. The van der Waals surface area contributed by atoms with Crippen LogP contribution >= 0.6 is 0 Å². The predicted octanol–water partition coefficient (Wildman–Crippen LogP) is 3.60. The summed E-state index contributed by atoms with van der Waals surface area (Å²) in [5.41, 5.74) is 16.9. The van der Waals surface area contributed by atoms with Gasteiger partial charge in [0.1, 0.15) is 11.5 Å². The highest BCUT2D eigenvalue weighted by Gasteiger charge is 2.14. The lowest BCUT2D eigenvalue weighted by atomic mass is 9.91. The molecule has 3 rings (SSSR count). The van der Waals surface area contributed by atoms with Crippen LogP contribution in [0.3, 0.4) is 0 Å². The van der Waals surface area contributed by atoms with Gasteiger partial charge in [0.15, 0.2) is 0 Å². The van der Waals surface area contributed by atoms with Gasteiger partial charge in [-0.25, -0.2) is 0 Å². The Kier molecular flexibility index (Phi) is 3.35. The maximum absolute atomic E-state index is 9.46. The van der Waals surface area contributed by atoms with Gasteiger partial charge >= 0.3 is 0 Å². The zero-order valence-electron chi connectivity index (χ0n) is 11.8. The zero-order chi connectivity index (χ0) is 15.7. The first-order valence-electron chi connectivity index (χ1n) is 6.83. The zero-order valence-corrected chi connectivity index (χ0v) is 11.8. The monoisotopic (exact) mass is 292 g/mol. The van der Waals surface area contributed by atoms with Crippen LogP contribution in [0, 0.1) is 0 Å². The molecular formula is C18H16N2O2. The van der Waals surface area contributed by atoms with Crippen LogP contribution in [-0.4, -0.2) is 10.2 Å². The third-order valence-electron chi connectivity index (χ3n) is 3.58. The van der Waals surface area contributed by atoms with E-state index in [1.165, 1.54) is 0 Å². The molecule has 0 heterocycles. The standard InChI is InChI=1S/C18H16N2O2/c19-15-9-10-16(20)18(12-3-7-14(22)8-4-12)17(15)11-1-5-13(21)6-2-11/h1-10,21-22H,19-20H2. The Hall–Kier alpha value is -3.14. The van der Waals surface area contributed by atoms with Crippen molar-refractivity contribution in [2.24, 2.45) is 0 Å². The molecule has 0 unspecified atom stereocenters. The third-order valence-corrected chi connectivity index (χ3v) is 3.58. The molecular weight excluding hydrogens is 276 g/mol. The second kappa shape index (κ2) is 5.33. The lowest BCUT2D eigenvalue weighted by molar-refractivity contribution is 0.475. The molecule has 0 atom stereocenters. The van der Waals surface area contributed by atoms with Crippen molar-refractivity contribution in [3.05, 3.63) is 60.7 Å². The molecule has 0 aliphatic carbocycles. The summed E-state index contributed by atoms with van der Waals surface area (Å²) in [7, 11) is 0. The van der Waals surface area contributed by atoms with E-state index in [0.717, 1.165) is 22.3 Å². The van der Waals surface area contributed by atoms with Crippen molar-refractivity contribution < 1.29 is 10.2 Å². The Morgan fingerprint density at radius 3 is 1.14 bits per heavy atom. The van der Waals surface area contributed by atoms with Crippen LogP contribution in [0.5, 0.6) is 11.5 Å². The molecule has 0 amide bonds. The van der Waals surface area contributed by atoms with Crippen molar-refractivity contribution in [2.75, 3.05) is 11.5 Å². The highest BCUT2D eigenvalue weighted by atomic mass is 16.3. The van der Waals surface area contributed by atoms with Crippen molar-refractivity contribution >= 4 is 11.4 Å². The van der Waals surface area contributed by atoms with Gasteiger partial charge in [0.25, 0.3) is 0 Å². The van der Waals surface area contributed by atoms with E-state index in [4.69, 9.17) is 11.5 Å². The normalized spacial score (nSPS) is 10.5. The second-order valence-corrected chi connectivity index (χ2v) is 5.09. The molecule has 0 fully saturated rings. The van der Waals surface area contributed by atoms with Gasteiger partial charge in [-0.1, -0.05) is 24.3 Å². The van der Waals surface area contributed by atoms with Crippen LogP contribution in [-0.2, 0) is 0 Å². The summed E-state index contributed by atoms with van der Waals surface area (Å²) in [5.74, 6) is 0.384. The molecule has 0 aliphatic rings. The summed E-state index contributed by atoms with van der Waals surface area (Å²) in [5, 5.41) is 18.9. The number of phenolic OH excluding ortho intramolecular Hbond substituents is 2. The summed E-state index contributed by atoms with van der Waals surface area (Å²) >= 11 is 0. The van der Waals surface area contributed by atoms with Gasteiger partial charge in [-0.2, -0.15) is 0 Å². The predicted molar refractivity (Wildman–Crippen MR) is 89.5 cm³/mol. The number of hydrogen-bond donors (Lipinski definition) is 4. The number of anilines is 2. The van der Waals surface area contributed by atoms with Gasteiger partial charge in [-0.05, 0) is 47.5 Å². The van der Waals surface area contributed by atoms with Crippen molar-refractivity contribution in [2.45, 2.75) is 0 Å². The van der Waals surface area contributed by atoms with E-state index in [9.17, 15) is 10.2 Å². The number of phenols is 2. The van der Waals surface area contributed by atoms with Crippen molar-refractivity contribution in [3.8, 4) is 33.8 Å². The molecule has 0 saturated carbocycles. The molecule has 0 aromatic heterocycles. The van der Waals surface area contributed by atoms with E-state index < -0.39 is 0 Å². The minimum absolute atomic E-state index is 0.192. The number of nitrogens with two attached hydrogens (primary N) is 2. The molecule has 3 aromatic rings. The van der Waals surface area contributed by atoms with Crippen molar-refractivity contribution in [1.82, 2.24) is 0 Å². The van der Waals surface area contributed by atoms with E-state index in [0.29, 0.717) is 11.4 Å². The fourth-order valence-electron chi connectivity index (χ4n) is 2.51. The summed E-state index contributed by atoms with van der Waals surface area (Å²) in [6.45, 7) is 0. The molecule has 3 aromatic carbocycles. The number of nitrogen functional groups attached to an aromatic ring is 2. The largest absolute Gasteiger partial charge is 0.508 e. The molecule has 0 aliphatic heterocycles. The summed E-state index contributed by atoms with van der Waals surface area (Å²) in [6.07, 6.45) is 0. The number of aromatic hydroxyl groups is 2. The summed E-state index contributed by atoms with van der Waals surface area (Å²) < 4.78 is 0. The molecule has 4 nitrogen and oxygen atoms in total. The maximum atomic E-state index is 9.46. The average Bonchev–Trinajstić information content (AvgIpc) is 2.51. The highest BCUT2D eigenvalue weighted by Crippen LogP contribution is 2.41. The molecule has 4 heteroatoms. The van der Waals surface area contributed by atoms with Gasteiger partial charge in [-0.3, -0.25) is 0 Å². The van der Waals surface area contributed by atoms with Gasteiger partial charge in [0.2, 0.25) is 0 Å². The van der Waals surface area contributed by atoms with Gasteiger partial charge in [0.05, 0.1) is 0 Å². The lowest BCUT2D eigenvalue weighted by Gasteiger charge is -2.16. The van der Waals surface area contributed by atoms with Crippen molar-refractivity contribution in [3.63, 3.8) is 0 Å². The van der Waals surface area contributed by atoms with Gasteiger partial charge in [-0.15, -0.1) is 0 Å². The fourth-order valence-corrected chi connectivity index (χ4v) is 2.51. The Labute approximate surface area is 128 Å². The van der Waals surface area contributed by atoms with Crippen LogP contribution in [0.2, 0.25) is 0 Å². The smallest absolute Gasteiger partial charge is 0.115 e. The number of benzene rings is 3. The number of rotatable bonds is 2. The van der Waals surface area contributed by atoms with E-state index >= 15 is 0 Å². The molecule has 6 N–H and O–H groups in total. The van der Waals surface area contributed by atoms with Crippen LogP contribution in [0.1, 0.15) is 0 Å². The third kappa shape index (κ3) is 2.42. The maximum Gasteiger partial charge on any atom is 0.115 e. The van der Waals surface area contributed by atoms with Gasteiger partial charge < -0.3 is 21.7 Å². The molecule has 22 heavy (non-hydrogen) atoms. The van der Waals surface area contributed by atoms with E-state index in [1.807, 2.05) is 0 Å². The lowest BCUT2D eigenvalue weighted by Crippen LogP contribution is -1.98. The summed E-state index contributed by atoms with van der Waals surface area (Å²) in [4.78, 5) is 0. The molecule has 0 radical (unpaired) electrons. The molecule has 110 valence electrons. The van der Waals surface area contributed by atoms with Crippen LogP contribution in [0.4, 0.5) is 11.4 Å². The van der Waals surface area contributed by atoms with E-state index in [1.54, 1.807) is 60.7 Å². The van der Waals surface area contributed by atoms with Crippen LogP contribution < -0.4 is 11.5 Å². The second-order valence-electron chi connectivity index (χ2n) is 5.09. The molecule has 0 bridgehead atoms. The first-order valence-corrected chi connectivity index (χ1v) is 6.83. The summed E-state index contributed by atoms with van der Waals surface area (Å²) in [6, 6.07) is 17.2. The Balaban J connectivity index is 2.27. The Morgan fingerprint density at radius 1 is 0.500 bits per heavy atom. The minimum Gasteiger partial charge on any atom is -0.508 e. The molecule has 0 saturated heterocycles. The van der Waals surface area contributed by atoms with Crippen molar-refractivity contribution in [1.29, 1.82) is 0 Å². The van der Waals surface area contributed by atoms with Crippen LogP contribution in [0.15, 0.2) is 60.7 Å². The Morgan fingerprint density at radius 2 is 0.818 bits per heavy atom. The topological polar surface area (TPSA) is 92.5 Å². The SMILES string of the molecule is Nc1ccc(N)c(-c2ccc(O)cc2)c1-c1ccc(O)cc1. The highest BCUT2D eigenvalue weighted by molar-refractivity contribution is 5.97. The van der Waals surface area contributed by atoms with E-state index in [-0.39, 0.29) is 11.5 Å². The van der Waals surface area contributed by atoms with Crippen LogP contribution in [0.25, 0.3) is 22.3 Å². The van der Waals surface area contributed by atoms with E-state index in [2.05, 4.69) is 0 Å². The number of hydrogen-bond acceptors (Lipinski definition) is 4. The minimum atomic E-state index is 0.192. The quantitative estimate of drug-likeness (QED) is 0.543. The van der Waals surface area contributed by atoms with Gasteiger partial charge in [0, 0.05) is 22.5 Å². The Bertz CT molecular complexity index is 739.